The van der Waals surface area contributed by atoms with Gasteiger partial charge in [0.1, 0.15) is 11.4 Å². The molecule has 19 heavy (non-hydrogen) atoms. The van der Waals surface area contributed by atoms with E-state index in [9.17, 15) is 9.90 Å². The number of aromatic nitrogens is 1. The summed E-state index contributed by atoms with van der Waals surface area (Å²) in [5.41, 5.74) is -0.650. The number of amides is 1. The van der Waals surface area contributed by atoms with Crippen molar-refractivity contribution in [3.8, 4) is 5.75 Å². The highest BCUT2D eigenvalue weighted by Crippen LogP contribution is 2.19. The highest BCUT2D eigenvalue weighted by atomic mass is 16.5. The van der Waals surface area contributed by atoms with Gasteiger partial charge in [-0.05, 0) is 18.9 Å². The van der Waals surface area contributed by atoms with Crippen LogP contribution in [0.1, 0.15) is 37.7 Å². The van der Waals surface area contributed by atoms with Crippen molar-refractivity contribution in [1.82, 2.24) is 10.3 Å². The third kappa shape index (κ3) is 4.21. The maximum absolute atomic E-state index is 11.9. The SMILES string of the molecule is CCC(C)C(C)(O)CNC(=O)c1cc(OC)ccn1. The van der Waals surface area contributed by atoms with Gasteiger partial charge in [-0.1, -0.05) is 20.3 Å². The Bertz CT molecular complexity index is 432. The molecule has 0 aliphatic carbocycles. The van der Waals surface area contributed by atoms with Crippen LogP contribution in [-0.2, 0) is 0 Å². The lowest BCUT2D eigenvalue weighted by Gasteiger charge is -2.29. The normalized spacial score (nSPS) is 15.4. The number of rotatable bonds is 6. The summed E-state index contributed by atoms with van der Waals surface area (Å²) in [5, 5.41) is 12.9. The number of ether oxygens (including phenoxy) is 1. The summed E-state index contributed by atoms with van der Waals surface area (Å²) in [6, 6.07) is 3.24. The molecular formula is C14H22N2O3. The van der Waals surface area contributed by atoms with Crippen LogP contribution in [0.25, 0.3) is 0 Å². The van der Waals surface area contributed by atoms with Gasteiger partial charge in [0.25, 0.3) is 5.91 Å². The summed E-state index contributed by atoms with van der Waals surface area (Å²) < 4.78 is 5.04. The third-order valence-electron chi connectivity index (χ3n) is 3.48. The number of nitrogens with one attached hydrogen (secondary N) is 1. The van der Waals surface area contributed by atoms with Crippen LogP contribution in [0.2, 0.25) is 0 Å². The number of methoxy groups -OCH3 is 1. The number of hydrogen-bond acceptors (Lipinski definition) is 4. The smallest absolute Gasteiger partial charge is 0.270 e. The maximum atomic E-state index is 11.9. The monoisotopic (exact) mass is 266 g/mol. The van der Waals surface area contributed by atoms with Crippen molar-refractivity contribution in [3.63, 3.8) is 0 Å². The second kappa shape index (κ2) is 6.52. The Balaban J connectivity index is 2.65. The van der Waals surface area contributed by atoms with Crippen molar-refractivity contribution in [3.05, 3.63) is 24.0 Å². The molecular weight excluding hydrogens is 244 g/mol. The van der Waals surface area contributed by atoms with Crippen LogP contribution in [0, 0.1) is 5.92 Å². The van der Waals surface area contributed by atoms with Gasteiger partial charge in [-0.2, -0.15) is 0 Å². The first-order valence-corrected chi connectivity index (χ1v) is 6.41. The Morgan fingerprint density at radius 3 is 2.89 bits per heavy atom. The van der Waals surface area contributed by atoms with Crippen molar-refractivity contribution < 1.29 is 14.6 Å². The molecule has 2 N–H and O–H groups in total. The number of carbonyl (C=O) groups is 1. The lowest BCUT2D eigenvalue weighted by Crippen LogP contribution is -2.45. The van der Waals surface area contributed by atoms with Gasteiger partial charge in [0, 0.05) is 18.8 Å². The highest BCUT2D eigenvalue weighted by molar-refractivity contribution is 5.92. The molecule has 0 radical (unpaired) electrons. The second-order valence-corrected chi connectivity index (χ2v) is 4.93. The van der Waals surface area contributed by atoms with E-state index < -0.39 is 5.60 Å². The van der Waals surface area contributed by atoms with Crippen LogP contribution < -0.4 is 10.1 Å². The summed E-state index contributed by atoms with van der Waals surface area (Å²) >= 11 is 0. The van der Waals surface area contributed by atoms with E-state index in [0.717, 1.165) is 6.42 Å². The largest absolute Gasteiger partial charge is 0.497 e. The van der Waals surface area contributed by atoms with E-state index >= 15 is 0 Å². The standard InChI is InChI=1S/C14H22N2O3/c1-5-10(2)14(3,18)9-16-13(17)12-8-11(19-4)6-7-15-12/h6-8,10,18H,5,9H2,1-4H3,(H,16,17). The van der Waals surface area contributed by atoms with E-state index in [4.69, 9.17) is 4.74 Å². The molecule has 5 nitrogen and oxygen atoms in total. The fourth-order valence-corrected chi connectivity index (χ4v) is 1.63. The van der Waals surface area contributed by atoms with E-state index in [-0.39, 0.29) is 24.1 Å². The molecule has 5 heteroatoms. The Kier molecular flexibility index (Phi) is 5.30. The minimum atomic E-state index is -0.927. The number of nitrogens with zero attached hydrogens (tertiary/aromatic N) is 1. The minimum Gasteiger partial charge on any atom is -0.497 e. The van der Waals surface area contributed by atoms with Gasteiger partial charge in [0.15, 0.2) is 0 Å². The average molecular weight is 266 g/mol. The molecule has 106 valence electrons. The number of carbonyl (C=O) groups excluding carboxylic acids is 1. The lowest BCUT2D eigenvalue weighted by atomic mass is 9.88. The molecule has 0 aliphatic heterocycles. The minimum absolute atomic E-state index is 0.103. The predicted molar refractivity (Wildman–Crippen MR) is 73.2 cm³/mol. The van der Waals surface area contributed by atoms with Gasteiger partial charge in [0.2, 0.25) is 0 Å². The molecule has 0 aromatic carbocycles. The van der Waals surface area contributed by atoms with E-state index in [0.29, 0.717) is 5.75 Å². The summed E-state index contributed by atoms with van der Waals surface area (Å²) in [6.45, 7) is 5.88. The fourth-order valence-electron chi connectivity index (χ4n) is 1.63. The lowest BCUT2D eigenvalue weighted by molar-refractivity contribution is 0.00588. The van der Waals surface area contributed by atoms with Crippen LogP contribution in [-0.4, -0.2) is 35.3 Å². The van der Waals surface area contributed by atoms with E-state index in [2.05, 4.69) is 10.3 Å². The van der Waals surface area contributed by atoms with Crippen LogP contribution in [0.4, 0.5) is 0 Å². The van der Waals surface area contributed by atoms with E-state index in [1.54, 1.807) is 19.1 Å². The molecule has 1 aromatic heterocycles. The molecule has 0 fully saturated rings. The zero-order valence-electron chi connectivity index (χ0n) is 11.9. The molecule has 1 aromatic rings. The Labute approximate surface area is 114 Å². The van der Waals surface area contributed by atoms with Crippen LogP contribution >= 0.6 is 0 Å². The van der Waals surface area contributed by atoms with E-state index in [1.165, 1.54) is 13.3 Å². The first kappa shape index (κ1) is 15.4. The molecule has 1 rings (SSSR count). The molecule has 0 saturated heterocycles. The third-order valence-corrected chi connectivity index (χ3v) is 3.48. The van der Waals surface area contributed by atoms with Crippen LogP contribution in [0.15, 0.2) is 18.3 Å². The second-order valence-electron chi connectivity index (χ2n) is 4.93. The Morgan fingerprint density at radius 1 is 1.63 bits per heavy atom. The van der Waals surface area contributed by atoms with Crippen molar-refractivity contribution in [2.45, 2.75) is 32.8 Å². The van der Waals surface area contributed by atoms with Crippen LogP contribution in [0.5, 0.6) is 5.75 Å². The summed E-state index contributed by atoms with van der Waals surface area (Å²) in [4.78, 5) is 15.9. The zero-order valence-corrected chi connectivity index (χ0v) is 11.9. The highest BCUT2D eigenvalue weighted by Gasteiger charge is 2.27. The van der Waals surface area contributed by atoms with Gasteiger partial charge >= 0.3 is 0 Å². The van der Waals surface area contributed by atoms with Crippen molar-refractivity contribution in [2.24, 2.45) is 5.92 Å². The molecule has 1 amide bonds. The summed E-state index contributed by atoms with van der Waals surface area (Å²) in [6.07, 6.45) is 2.36. The van der Waals surface area contributed by atoms with E-state index in [1.807, 2.05) is 13.8 Å². The van der Waals surface area contributed by atoms with Crippen molar-refractivity contribution in [2.75, 3.05) is 13.7 Å². The molecule has 2 atom stereocenters. The fraction of sp³-hybridized carbons (Fsp3) is 0.571. The number of aliphatic hydroxyl groups is 1. The first-order chi connectivity index (χ1) is 8.90. The van der Waals surface area contributed by atoms with Gasteiger partial charge in [-0.3, -0.25) is 9.78 Å². The van der Waals surface area contributed by atoms with Crippen molar-refractivity contribution >= 4 is 5.91 Å². The summed E-state index contributed by atoms with van der Waals surface area (Å²) in [5.74, 6) is 0.363. The molecule has 0 aliphatic rings. The van der Waals surface area contributed by atoms with Crippen molar-refractivity contribution in [1.29, 1.82) is 0 Å². The van der Waals surface area contributed by atoms with Crippen LogP contribution in [0.3, 0.4) is 0 Å². The Hall–Kier alpha value is -1.62. The molecule has 2 unspecified atom stereocenters. The molecule has 0 spiro atoms. The average Bonchev–Trinajstić information content (AvgIpc) is 2.43. The molecule has 0 bridgehead atoms. The maximum Gasteiger partial charge on any atom is 0.270 e. The number of pyridine rings is 1. The van der Waals surface area contributed by atoms with Gasteiger partial charge in [0.05, 0.1) is 12.7 Å². The predicted octanol–water partition coefficient (Wildman–Crippen LogP) is 1.62. The van der Waals surface area contributed by atoms with Gasteiger partial charge in [-0.15, -0.1) is 0 Å². The molecule has 0 saturated carbocycles. The van der Waals surface area contributed by atoms with Gasteiger partial charge < -0.3 is 15.2 Å². The Morgan fingerprint density at radius 2 is 2.32 bits per heavy atom. The zero-order chi connectivity index (χ0) is 14.5. The topological polar surface area (TPSA) is 71.5 Å². The quantitative estimate of drug-likeness (QED) is 0.820. The summed E-state index contributed by atoms with van der Waals surface area (Å²) in [7, 11) is 1.53. The van der Waals surface area contributed by atoms with Gasteiger partial charge in [-0.25, -0.2) is 0 Å². The number of hydrogen-bond donors (Lipinski definition) is 2. The molecule has 1 heterocycles. The first-order valence-electron chi connectivity index (χ1n) is 6.41.